The van der Waals surface area contributed by atoms with E-state index in [0.29, 0.717) is 41.6 Å². The predicted octanol–water partition coefficient (Wildman–Crippen LogP) is 6.47. The molecule has 2 heterocycles. The molecule has 11 atom stereocenters. The van der Waals surface area contributed by atoms with Crippen molar-refractivity contribution >= 4 is 6.03 Å². The van der Waals surface area contributed by atoms with Crippen LogP contribution in [0, 0.1) is 52.3 Å². The molecule has 6 heteroatoms. The number of nitrogens with zero attached hydrogens (tertiary/aromatic N) is 1. The second kappa shape index (κ2) is 13.0. The number of hydrogen-bond donors (Lipinski definition) is 3. The van der Waals surface area contributed by atoms with Gasteiger partial charge in [0.25, 0.3) is 0 Å². The summed E-state index contributed by atoms with van der Waals surface area (Å²) in [6, 6.07) is 0.523. The van der Waals surface area contributed by atoms with Crippen LogP contribution in [0.2, 0.25) is 0 Å². The van der Waals surface area contributed by atoms with Crippen LogP contribution >= 0.6 is 0 Å². The number of carbonyl (C=O) groups is 1. The molecule has 2 saturated heterocycles. The lowest BCUT2D eigenvalue weighted by Gasteiger charge is -2.61. The predicted molar refractivity (Wildman–Crippen MR) is 167 cm³/mol. The molecule has 4 aliphatic carbocycles. The SMILES string of the molecule is CC(C)C.CC(CO)CCC1CC2C(CC3C4CCC5CC(NC(=O)N6CCNCC6)CCC5(C)C4CCC23C)O1. The number of urea groups is 1. The van der Waals surface area contributed by atoms with E-state index in [2.05, 4.69) is 52.2 Å². The second-order valence-corrected chi connectivity index (χ2v) is 16.3. The standard InChI is InChI=1S/C31H53N3O3.C4H10/c1-20(19-35)4-6-23-17-27-28(37-23)18-26-24-7-5-21-16-22(33-29(36)34-14-12-32-13-15-34)8-10-30(21,2)25(24)9-11-31(26,27)3;1-4(2)3/h20-28,32,35H,4-19H2,1-3H3,(H,33,36);4H,1-3H3. The van der Waals surface area contributed by atoms with E-state index in [1.54, 1.807) is 0 Å². The van der Waals surface area contributed by atoms with Crippen molar-refractivity contribution in [2.75, 3.05) is 32.8 Å². The van der Waals surface area contributed by atoms with Gasteiger partial charge in [0.15, 0.2) is 0 Å². The van der Waals surface area contributed by atoms with Gasteiger partial charge >= 0.3 is 6.03 Å². The average Bonchev–Trinajstić information content (AvgIpc) is 3.48. The number of piperazine rings is 1. The molecule has 2 aliphatic heterocycles. The maximum Gasteiger partial charge on any atom is 0.317 e. The third-order valence-electron chi connectivity index (χ3n) is 12.8. The number of hydrogen-bond acceptors (Lipinski definition) is 4. The molecule has 4 saturated carbocycles. The molecule has 0 aromatic rings. The number of aliphatic hydroxyl groups is 1. The molecule has 0 spiro atoms. The van der Waals surface area contributed by atoms with E-state index in [-0.39, 0.29) is 6.03 Å². The Labute approximate surface area is 251 Å². The first-order chi connectivity index (χ1) is 19.5. The zero-order valence-electron chi connectivity index (χ0n) is 27.3. The maximum absolute atomic E-state index is 12.9. The van der Waals surface area contributed by atoms with Crippen LogP contribution < -0.4 is 10.6 Å². The summed E-state index contributed by atoms with van der Waals surface area (Å²) in [7, 11) is 0. The monoisotopic (exact) mass is 573 g/mol. The molecule has 0 radical (unpaired) electrons. The number of fused-ring (bicyclic) bond motifs is 7. The van der Waals surface area contributed by atoms with E-state index in [4.69, 9.17) is 4.74 Å². The summed E-state index contributed by atoms with van der Waals surface area (Å²) in [4.78, 5) is 14.9. The Morgan fingerprint density at radius 2 is 1.66 bits per heavy atom. The fourth-order valence-corrected chi connectivity index (χ4v) is 10.5. The summed E-state index contributed by atoms with van der Waals surface area (Å²) in [6.45, 7) is 17.7. The van der Waals surface area contributed by atoms with Crippen LogP contribution in [-0.4, -0.2) is 67.1 Å². The van der Waals surface area contributed by atoms with Crippen LogP contribution in [0.5, 0.6) is 0 Å². The molecule has 6 nitrogen and oxygen atoms in total. The number of aliphatic hydroxyl groups excluding tert-OH is 1. The van der Waals surface area contributed by atoms with Gasteiger partial charge in [0.2, 0.25) is 0 Å². The molecular weight excluding hydrogens is 510 g/mol. The zero-order valence-corrected chi connectivity index (χ0v) is 27.3. The van der Waals surface area contributed by atoms with Crippen molar-refractivity contribution in [1.29, 1.82) is 0 Å². The molecule has 6 fully saturated rings. The Bertz CT molecular complexity index is 874. The van der Waals surface area contributed by atoms with Crippen molar-refractivity contribution in [3.8, 4) is 0 Å². The Balaban J connectivity index is 0.000000794. The molecule has 11 unspecified atom stereocenters. The summed E-state index contributed by atoms with van der Waals surface area (Å²) < 4.78 is 6.72. The van der Waals surface area contributed by atoms with Gasteiger partial charge in [0.05, 0.1) is 12.2 Å². The molecule has 236 valence electrons. The smallest absolute Gasteiger partial charge is 0.317 e. The van der Waals surface area contributed by atoms with Crippen LogP contribution in [0.15, 0.2) is 0 Å². The van der Waals surface area contributed by atoms with E-state index in [9.17, 15) is 9.90 Å². The quantitative estimate of drug-likeness (QED) is 0.353. The van der Waals surface area contributed by atoms with E-state index in [1.807, 2.05) is 4.90 Å². The van der Waals surface area contributed by atoms with Gasteiger partial charge in [0.1, 0.15) is 0 Å². The van der Waals surface area contributed by atoms with Crippen molar-refractivity contribution in [2.24, 2.45) is 52.3 Å². The normalized spacial score (nSPS) is 44.1. The van der Waals surface area contributed by atoms with Crippen LogP contribution in [0.3, 0.4) is 0 Å². The van der Waals surface area contributed by atoms with E-state index >= 15 is 0 Å². The van der Waals surface area contributed by atoms with Crippen LogP contribution in [0.1, 0.15) is 112 Å². The molecule has 6 aliphatic rings. The van der Waals surface area contributed by atoms with Crippen molar-refractivity contribution in [1.82, 2.24) is 15.5 Å². The molecule has 6 rings (SSSR count). The number of carbonyl (C=O) groups excluding carboxylic acids is 1. The Morgan fingerprint density at radius 1 is 0.951 bits per heavy atom. The largest absolute Gasteiger partial charge is 0.396 e. The van der Waals surface area contributed by atoms with Crippen molar-refractivity contribution in [2.45, 2.75) is 130 Å². The summed E-state index contributed by atoms with van der Waals surface area (Å²) in [6.07, 6.45) is 14.8. The minimum absolute atomic E-state index is 0.166. The highest BCUT2D eigenvalue weighted by Gasteiger charge is 2.64. The minimum atomic E-state index is 0.166. The number of amides is 2. The number of nitrogens with one attached hydrogen (secondary N) is 2. The highest BCUT2D eigenvalue weighted by atomic mass is 16.5. The second-order valence-electron chi connectivity index (χ2n) is 16.3. The van der Waals surface area contributed by atoms with Crippen LogP contribution in [-0.2, 0) is 4.74 Å². The highest BCUT2D eigenvalue weighted by molar-refractivity contribution is 5.74. The molecule has 0 bridgehead atoms. The van der Waals surface area contributed by atoms with E-state index in [0.717, 1.165) is 80.9 Å². The molecule has 2 amide bonds. The lowest BCUT2D eigenvalue weighted by atomic mass is 9.44. The van der Waals surface area contributed by atoms with Crippen molar-refractivity contribution in [3.63, 3.8) is 0 Å². The molecule has 3 N–H and O–H groups in total. The Morgan fingerprint density at radius 3 is 2.37 bits per heavy atom. The Kier molecular flexibility index (Phi) is 10.0. The van der Waals surface area contributed by atoms with Gasteiger partial charge in [-0.3, -0.25) is 0 Å². The first kappa shape index (κ1) is 31.6. The fourth-order valence-electron chi connectivity index (χ4n) is 10.5. The molecule has 0 aromatic carbocycles. The fraction of sp³-hybridized carbons (Fsp3) is 0.971. The summed E-state index contributed by atoms with van der Waals surface area (Å²) in [5.41, 5.74) is 0.906. The van der Waals surface area contributed by atoms with Gasteiger partial charge in [-0.25, -0.2) is 4.79 Å². The summed E-state index contributed by atoms with van der Waals surface area (Å²) >= 11 is 0. The summed E-state index contributed by atoms with van der Waals surface area (Å²) in [5, 5.41) is 16.2. The van der Waals surface area contributed by atoms with Gasteiger partial charge in [0, 0.05) is 38.8 Å². The first-order valence-electron chi connectivity index (χ1n) is 17.6. The van der Waals surface area contributed by atoms with Gasteiger partial charge in [-0.15, -0.1) is 0 Å². The van der Waals surface area contributed by atoms with Gasteiger partial charge in [-0.2, -0.15) is 0 Å². The molecule has 0 aromatic heterocycles. The lowest BCUT2D eigenvalue weighted by Crippen LogP contribution is -2.57. The zero-order chi connectivity index (χ0) is 29.4. The molecule has 41 heavy (non-hydrogen) atoms. The van der Waals surface area contributed by atoms with Crippen molar-refractivity contribution < 1.29 is 14.6 Å². The molecular formula is C35H63N3O3. The van der Waals surface area contributed by atoms with Crippen molar-refractivity contribution in [3.05, 3.63) is 0 Å². The first-order valence-corrected chi connectivity index (χ1v) is 17.6. The maximum atomic E-state index is 12.9. The summed E-state index contributed by atoms with van der Waals surface area (Å²) in [5.74, 6) is 5.29. The Hall–Kier alpha value is -0.850. The number of ether oxygens (including phenoxy) is 1. The average molecular weight is 574 g/mol. The third kappa shape index (κ3) is 6.50. The minimum Gasteiger partial charge on any atom is -0.396 e. The third-order valence-corrected chi connectivity index (χ3v) is 12.8. The number of rotatable bonds is 5. The van der Waals surface area contributed by atoms with Crippen LogP contribution in [0.4, 0.5) is 4.79 Å². The lowest BCUT2D eigenvalue weighted by molar-refractivity contribution is -0.115. The highest BCUT2D eigenvalue weighted by Crippen LogP contribution is 2.69. The van der Waals surface area contributed by atoms with Gasteiger partial charge < -0.3 is 25.4 Å². The van der Waals surface area contributed by atoms with E-state index in [1.165, 1.54) is 51.4 Å². The van der Waals surface area contributed by atoms with Gasteiger partial charge in [-0.05, 0) is 123 Å². The van der Waals surface area contributed by atoms with Gasteiger partial charge in [-0.1, -0.05) is 41.5 Å². The van der Waals surface area contributed by atoms with Crippen LogP contribution in [0.25, 0.3) is 0 Å². The van der Waals surface area contributed by atoms with E-state index < -0.39 is 0 Å². The topological polar surface area (TPSA) is 73.8 Å².